The maximum atomic E-state index is 13.4. The van der Waals surface area contributed by atoms with Gasteiger partial charge < -0.3 is 24.4 Å². The summed E-state index contributed by atoms with van der Waals surface area (Å²) in [5.41, 5.74) is 1.16. The highest BCUT2D eigenvalue weighted by Gasteiger charge is 2.31. The Labute approximate surface area is 174 Å². The Hall–Kier alpha value is -3.55. The average molecular weight is 414 g/mol. The number of nitrogens with zero attached hydrogens (tertiary/aromatic N) is 1. The summed E-state index contributed by atoms with van der Waals surface area (Å²) in [6.07, 6.45) is 3.14. The number of hydrogen-bond acceptors (Lipinski definition) is 5. The molecule has 7 nitrogen and oxygen atoms in total. The second kappa shape index (κ2) is 9.30. The zero-order valence-electron chi connectivity index (χ0n) is 17.0. The van der Waals surface area contributed by atoms with Crippen molar-refractivity contribution in [1.82, 2.24) is 5.32 Å². The van der Waals surface area contributed by atoms with E-state index in [1.807, 2.05) is 0 Å². The fourth-order valence-electron chi connectivity index (χ4n) is 3.32. The van der Waals surface area contributed by atoms with Crippen LogP contribution in [0.1, 0.15) is 12.0 Å². The highest BCUT2D eigenvalue weighted by molar-refractivity contribution is 5.98. The zero-order chi connectivity index (χ0) is 21.7. The van der Waals surface area contributed by atoms with Gasteiger partial charge in [-0.05, 0) is 42.0 Å². The first-order valence-electron chi connectivity index (χ1n) is 9.29. The van der Waals surface area contributed by atoms with Crippen LogP contribution in [0.25, 0.3) is 6.08 Å². The van der Waals surface area contributed by atoms with Gasteiger partial charge in [-0.3, -0.25) is 9.59 Å². The van der Waals surface area contributed by atoms with Crippen molar-refractivity contribution in [2.75, 3.05) is 32.8 Å². The van der Waals surface area contributed by atoms with Crippen molar-refractivity contribution < 1.29 is 28.2 Å². The van der Waals surface area contributed by atoms with Crippen molar-refractivity contribution in [3.8, 4) is 17.2 Å². The van der Waals surface area contributed by atoms with Crippen LogP contribution in [0.15, 0.2) is 42.5 Å². The molecule has 0 saturated carbocycles. The second-order valence-corrected chi connectivity index (χ2v) is 6.69. The first kappa shape index (κ1) is 21.2. The largest absolute Gasteiger partial charge is 0.493 e. The lowest BCUT2D eigenvalue weighted by atomic mass is 10.1. The molecule has 30 heavy (non-hydrogen) atoms. The van der Waals surface area contributed by atoms with Crippen LogP contribution in [0.3, 0.4) is 0 Å². The Kier molecular flexibility index (Phi) is 6.56. The topological polar surface area (TPSA) is 77.1 Å². The maximum absolute atomic E-state index is 13.4. The van der Waals surface area contributed by atoms with Crippen LogP contribution in [0.5, 0.6) is 17.2 Å². The van der Waals surface area contributed by atoms with Crippen LogP contribution < -0.4 is 24.4 Å². The Morgan fingerprint density at radius 3 is 2.43 bits per heavy atom. The molecule has 0 aromatic heterocycles. The summed E-state index contributed by atoms with van der Waals surface area (Å²) < 4.78 is 29.3. The molecule has 0 spiro atoms. The van der Waals surface area contributed by atoms with Crippen LogP contribution in [0.4, 0.5) is 10.1 Å². The average Bonchev–Trinajstić information content (AvgIpc) is 3.11. The van der Waals surface area contributed by atoms with Gasteiger partial charge >= 0.3 is 0 Å². The summed E-state index contributed by atoms with van der Waals surface area (Å²) >= 11 is 0. The van der Waals surface area contributed by atoms with Gasteiger partial charge in [-0.25, -0.2) is 4.39 Å². The van der Waals surface area contributed by atoms with Gasteiger partial charge in [0.25, 0.3) is 0 Å². The highest BCUT2D eigenvalue weighted by Crippen LogP contribution is 2.38. The smallest absolute Gasteiger partial charge is 0.244 e. The lowest BCUT2D eigenvalue weighted by Gasteiger charge is -2.17. The predicted molar refractivity (Wildman–Crippen MR) is 110 cm³/mol. The van der Waals surface area contributed by atoms with Crippen molar-refractivity contribution in [3.63, 3.8) is 0 Å². The van der Waals surface area contributed by atoms with Gasteiger partial charge in [0, 0.05) is 24.7 Å². The van der Waals surface area contributed by atoms with E-state index in [9.17, 15) is 14.0 Å². The molecule has 0 radical (unpaired) electrons. The molecular weight excluding hydrogens is 391 g/mol. The number of rotatable bonds is 7. The number of carbonyl (C=O) groups is 2. The van der Waals surface area contributed by atoms with E-state index in [4.69, 9.17) is 14.2 Å². The molecule has 0 aliphatic carbocycles. The van der Waals surface area contributed by atoms with Gasteiger partial charge in [-0.2, -0.15) is 0 Å². The third-order valence-corrected chi connectivity index (χ3v) is 4.71. The quantitative estimate of drug-likeness (QED) is 0.705. The molecule has 1 N–H and O–H groups in total. The minimum atomic E-state index is -0.416. The van der Waals surface area contributed by atoms with E-state index in [1.165, 1.54) is 44.4 Å². The number of amides is 2. The molecule has 158 valence electrons. The first-order valence-corrected chi connectivity index (χ1v) is 9.29. The minimum Gasteiger partial charge on any atom is -0.493 e. The van der Waals surface area contributed by atoms with Crippen molar-refractivity contribution in [2.45, 2.75) is 12.5 Å². The van der Waals surface area contributed by atoms with E-state index < -0.39 is 5.82 Å². The van der Waals surface area contributed by atoms with Gasteiger partial charge in [0.05, 0.1) is 27.4 Å². The van der Waals surface area contributed by atoms with E-state index in [-0.39, 0.29) is 30.8 Å². The summed E-state index contributed by atoms with van der Waals surface area (Å²) in [4.78, 5) is 26.1. The van der Waals surface area contributed by atoms with Gasteiger partial charge in [0.1, 0.15) is 5.82 Å². The lowest BCUT2D eigenvalue weighted by molar-refractivity contribution is -0.117. The SMILES string of the molecule is COc1cc(/C=C/C(=O)N[C@@H]2CC(=O)N(c3cccc(F)c3)C2)cc(OC)c1OC. The number of ether oxygens (including phenoxy) is 3. The zero-order valence-corrected chi connectivity index (χ0v) is 17.0. The van der Waals surface area contributed by atoms with E-state index in [2.05, 4.69) is 5.32 Å². The van der Waals surface area contributed by atoms with Crippen molar-refractivity contribution >= 4 is 23.6 Å². The minimum absolute atomic E-state index is 0.153. The number of halogens is 1. The molecule has 1 aliphatic heterocycles. The van der Waals surface area contributed by atoms with E-state index in [1.54, 1.807) is 30.3 Å². The number of methoxy groups -OCH3 is 3. The Bertz CT molecular complexity index is 951. The number of carbonyl (C=O) groups excluding carboxylic acids is 2. The predicted octanol–water partition coefficient (Wildman–Crippen LogP) is 2.79. The molecule has 2 amide bonds. The van der Waals surface area contributed by atoms with Crippen LogP contribution in [0, 0.1) is 5.82 Å². The third kappa shape index (κ3) is 4.71. The Balaban J connectivity index is 1.66. The second-order valence-electron chi connectivity index (χ2n) is 6.69. The molecule has 1 aliphatic rings. The molecule has 1 fully saturated rings. The highest BCUT2D eigenvalue weighted by atomic mass is 19.1. The summed E-state index contributed by atoms with van der Waals surface area (Å²) in [7, 11) is 4.54. The fourth-order valence-corrected chi connectivity index (χ4v) is 3.32. The molecule has 2 aromatic rings. The summed E-state index contributed by atoms with van der Waals surface area (Å²) in [5.74, 6) is 0.486. The van der Waals surface area contributed by atoms with Crippen LogP contribution in [0.2, 0.25) is 0 Å². The van der Waals surface area contributed by atoms with E-state index in [0.29, 0.717) is 28.5 Å². The molecular formula is C22H23FN2O5. The molecule has 2 aromatic carbocycles. The van der Waals surface area contributed by atoms with Crippen molar-refractivity contribution in [1.29, 1.82) is 0 Å². The van der Waals surface area contributed by atoms with Gasteiger partial charge in [-0.1, -0.05) is 6.07 Å². The van der Waals surface area contributed by atoms with Crippen molar-refractivity contribution in [2.24, 2.45) is 0 Å². The molecule has 8 heteroatoms. The molecule has 0 bridgehead atoms. The maximum Gasteiger partial charge on any atom is 0.244 e. The van der Waals surface area contributed by atoms with Gasteiger partial charge in [0.2, 0.25) is 17.6 Å². The number of benzene rings is 2. The Morgan fingerprint density at radius 2 is 1.83 bits per heavy atom. The van der Waals surface area contributed by atoms with E-state index >= 15 is 0 Å². The molecule has 3 rings (SSSR count). The van der Waals surface area contributed by atoms with Crippen LogP contribution in [-0.2, 0) is 9.59 Å². The summed E-state index contributed by atoms with van der Waals surface area (Å²) in [6.45, 7) is 0.284. The van der Waals surface area contributed by atoms with E-state index in [0.717, 1.165) is 0 Å². The summed E-state index contributed by atoms with van der Waals surface area (Å²) in [5, 5.41) is 2.80. The standard InChI is InChI=1S/C22H23FN2O5/c1-28-18-9-14(10-19(29-2)22(18)30-3)7-8-20(26)24-16-12-21(27)25(13-16)17-6-4-5-15(23)11-17/h4-11,16H,12-13H2,1-3H3,(H,24,26)/b8-7+/t16-/m1/s1. The molecule has 1 saturated heterocycles. The summed E-state index contributed by atoms with van der Waals surface area (Å²) in [6, 6.07) is 8.90. The normalized spacial score (nSPS) is 16.1. The number of hydrogen-bond donors (Lipinski definition) is 1. The van der Waals surface area contributed by atoms with Crippen LogP contribution >= 0.6 is 0 Å². The Morgan fingerprint density at radius 1 is 1.13 bits per heavy atom. The number of nitrogens with one attached hydrogen (secondary N) is 1. The third-order valence-electron chi connectivity index (χ3n) is 4.71. The van der Waals surface area contributed by atoms with Crippen LogP contribution in [-0.4, -0.2) is 45.7 Å². The van der Waals surface area contributed by atoms with Gasteiger partial charge in [0.15, 0.2) is 11.5 Å². The molecule has 1 heterocycles. The van der Waals surface area contributed by atoms with Gasteiger partial charge in [-0.15, -0.1) is 0 Å². The molecule has 1 atom stereocenters. The number of anilines is 1. The fraction of sp³-hybridized carbons (Fsp3) is 0.273. The van der Waals surface area contributed by atoms with Crippen molar-refractivity contribution in [3.05, 3.63) is 53.9 Å². The first-order chi connectivity index (χ1) is 14.4. The monoisotopic (exact) mass is 414 g/mol. The lowest BCUT2D eigenvalue weighted by Crippen LogP contribution is -2.36. The molecule has 0 unspecified atom stereocenters.